The van der Waals surface area contributed by atoms with Crippen molar-refractivity contribution in [1.82, 2.24) is 5.32 Å². The minimum atomic E-state index is -0.316. The highest BCUT2D eigenvalue weighted by Crippen LogP contribution is 2.10. The predicted octanol–water partition coefficient (Wildman–Crippen LogP) is 1.52. The lowest BCUT2D eigenvalue weighted by molar-refractivity contribution is 0.0942. The van der Waals surface area contributed by atoms with Crippen LogP contribution >= 0.6 is 0 Å². The molecule has 0 fully saturated rings. The van der Waals surface area contributed by atoms with Crippen molar-refractivity contribution < 1.29 is 4.79 Å². The van der Waals surface area contributed by atoms with Crippen LogP contribution in [0.25, 0.3) is 0 Å². The molecule has 0 aromatic heterocycles. The molecule has 0 saturated heterocycles. The molecule has 0 spiro atoms. The quantitative estimate of drug-likeness (QED) is 0.677. The van der Waals surface area contributed by atoms with E-state index >= 15 is 0 Å². The van der Waals surface area contributed by atoms with Crippen molar-refractivity contribution >= 4 is 11.6 Å². The minimum Gasteiger partial charge on any atom is -0.399 e. The molecule has 0 saturated carbocycles. The van der Waals surface area contributed by atoms with Crippen molar-refractivity contribution in [3.63, 3.8) is 0 Å². The number of carbonyl (C=O) groups is 1. The summed E-state index contributed by atoms with van der Waals surface area (Å²) in [5.74, 6) is -0.110. The average molecular weight is 235 g/mol. The minimum absolute atomic E-state index is 0.110. The van der Waals surface area contributed by atoms with E-state index in [1.54, 1.807) is 24.3 Å². The second-order valence-corrected chi connectivity index (χ2v) is 4.37. The summed E-state index contributed by atoms with van der Waals surface area (Å²) in [6, 6.07) is 6.84. The van der Waals surface area contributed by atoms with Crippen molar-refractivity contribution in [1.29, 1.82) is 0 Å². The molecule has 0 aliphatic heterocycles. The highest BCUT2D eigenvalue weighted by molar-refractivity contribution is 5.94. The van der Waals surface area contributed by atoms with E-state index in [0.717, 1.165) is 12.8 Å². The van der Waals surface area contributed by atoms with Crippen LogP contribution in [0.3, 0.4) is 0 Å². The smallest absolute Gasteiger partial charge is 0.251 e. The lowest BCUT2D eigenvalue weighted by atomic mass is 9.94. The maximum absolute atomic E-state index is 11.8. The van der Waals surface area contributed by atoms with Crippen molar-refractivity contribution in [2.24, 2.45) is 5.73 Å². The standard InChI is InChI=1S/C13H21N3O/c1-3-13(15,4-2)9-16-12(17)10-5-7-11(14)8-6-10/h5-8H,3-4,9,14-15H2,1-2H3,(H,16,17). The second kappa shape index (κ2) is 5.68. The molecule has 0 aliphatic rings. The van der Waals surface area contributed by atoms with Gasteiger partial charge in [0.25, 0.3) is 5.91 Å². The number of nitrogens with one attached hydrogen (secondary N) is 1. The van der Waals surface area contributed by atoms with Gasteiger partial charge in [-0.1, -0.05) is 13.8 Å². The van der Waals surface area contributed by atoms with Crippen LogP contribution in [0, 0.1) is 0 Å². The van der Waals surface area contributed by atoms with Crippen molar-refractivity contribution in [3.05, 3.63) is 29.8 Å². The predicted molar refractivity (Wildman–Crippen MR) is 70.7 cm³/mol. The zero-order valence-corrected chi connectivity index (χ0v) is 10.5. The molecule has 0 heterocycles. The maximum Gasteiger partial charge on any atom is 0.251 e. The third-order valence-electron chi connectivity index (χ3n) is 3.18. The first kappa shape index (κ1) is 13.5. The Bertz CT molecular complexity index is 369. The number of benzene rings is 1. The molecule has 1 amide bonds. The van der Waals surface area contributed by atoms with Crippen molar-refractivity contribution in [2.75, 3.05) is 12.3 Å². The van der Waals surface area contributed by atoms with Gasteiger partial charge in [0.1, 0.15) is 0 Å². The van der Waals surface area contributed by atoms with Crippen LogP contribution in [-0.2, 0) is 0 Å². The van der Waals surface area contributed by atoms with Crippen LogP contribution in [0.1, 0.15) is 37.0 Å². The van der Waals surface area contributed by atoms with Crippen LogP contribution in [0.5, 0.6) is 0 Å². The third kappa shape index (κ3) is 3.75. The summed E-state index contributed by atoms with van der Waals surface area (Å²) >= 11 is 0. The molecule has 0 aliphatic carbocycles. The van der Waals surface area contributed by atoms with Gasteiger partial charge in [0.2, 0.25) is 0 Å². The van der Waals surface area contributed by atoms with Crippen LogP contribution in [-0.4, -0.2) is 18.0 Å². The van der Waals surface area contributed by atoms with E-state index < -0.39 is 0 Å². The van der Waals surface area contributed by atoms with E-state index in [2.05, 4.69) is 5.32 Å². The molecule has 0 bridgehead atoms. The normalized spacial score (nSPS) is 11.2. The zero-order chi connectivity index (χ0) is 12.9. The lowest BCUT2D eigenvalue weighted by Gasteiger charge is -2.26. The van der Waals surface area contributed by atoms with Gasteiger partial charge in [-0.3, -0.25) is 4.79 Å². The Balaban J connectivity index is 2.58. The summed E-state index contributed by atoms with van der Waals surface area (Å²) in [5, 5.41) is 2.86. The fraction of sp³-hybridized carbons (Fsp3) is 0.462. The summed E-state index contributed by atoms with van der Waals surface area (Å²) in [5.41, 5.74) is 12.6. The highest BCUT2D eigenvalue weighted by atomic mass is 16.1. The average Bonchev–Trinajstić information content (AvgIpc) is 2.36. The van der Waals surface area contributed by atoms with E-state index in [-0.39, 0.29) is 11.4 Å². The second-order valence-electron chi connectivity index (χ2n) is 4.37. The molecule has 94 valence electrons. The van der Waals surface area contributed by atoms with Crippen LogP contribution in [0.4, 0.5) is 5.69 Å². The molecule has 1 aromatic rings. The number of hydrogen-bond donors (Lipinski definition) is 3. The van der Waals surface area contributed by atoms with Gasteiger partial charge < -0.3 is 16.8 Å². The number of nitrogen functional groups attached to an aromatic ring is 1. The summed E-state index contributed by atoms with van der Waals surface area (Å²) in [4.78, 5) is 11.8. The molecule has 0 atom stereocenters. The Kier molecular flexibility index (Phi) is 4.52. The van der Waals surface area contributed by atoms with Gasteiger partial charge in [0, 0.05) is 23.3 Å². The molecule has 1 aromatic carbocycles. The fourth-order valence-corrected chi connectivity index (χ4v) is 1.49. The molecule has 5 N–H and O–H groups in total. The molecular weight excluding hydrogens is 214 g/mol. The van der Waals surface area contributed by atoms with Gasteiger partial charge in [-0.15, -0.1) is 0 Å². The summed E-state index contributed by atoms with van der Waals surface area (Å²) < 4.78 is 0. The van der Waals surface area contributed by atoms with Gasteiger partial charge >= 0.3 is 0 Å². The fourth-order valence-electron chi connectivity index (χ4n) is 1.49. The largest absolute Gasteiger partial charge is 0.399 e. The zero-order valence-electron chi connectivity index (χ0n) is 10.5. The Morgan fingerprint density at radius 2 is 1.76 bits per heavy atom. The third-order valence-corrected chi connectivity index (χ3v) is 3.18. The Morgan fingerprint density at radius 1 is 1.24 bits per heavy atom. The Morgan fingerprint density at radius 3 is 2.24 bits per heavy atom. The van der Waals surface area contributed by atoms with E-state index in [4.69, 9.17) is 11.5 Å². The number of amides is 1. The number of nitrogens with two attached hydrogens (primary N) is 2. The lowest BCUT2D eigenvalue weighted by Crippen LogP contribution is -2.49. The van der Waals surface area contributed by atoms with Crippen LogP contribution < -0.4 is 16.8 Å². The number of rotatable bonds is 5. The van der Waals surface area contributed by atoms with E-state index in [0.29, 0.717) is 17.8 Å². The first-order valence-corrected chi connectivity index (χ1v) is 5.93. The number of hydrogen-bond acceptors (Lipinski definition) is 3. The SMILES string of the molecule is CCC(N)(CC)CNC(=O)c1ccc(N)cc1. The van der Waals surface area contributed by atoms with Crippen molar-refractivity contribution in [2.45, 2.75) is 32.2 Å². The molecule has 4 nitrogen and oxygen atoms in total. The van der Waals surface area contributed by atoms with Gasteiger partial charge in [0.15, 0.2) is 0 Å². The highest BCUT2D eigenvalue weighted by Gasteiger charge is 2.21. The van der Waals surface area contributed by atoms with Crippen molar-refractivity contribution in [3.8, 4) is 0 Å². The van der Waals surface area contributed by atoms with Gasteiger partial charge in [0.05, 0.1) is 0 Å². The Hall–Kier alpha value is -1.55. The molecule has 17 heavy (non-hydrogen) atoms. The van der Waals surface area contributed by atoms with Gasteiger partial charge in [-0.05, 0) is 37.1 Å². The molecule has 1 rings (SSSR count). The topological polar surface area (TPSA) is 81.1 Å². The summed E-state index contributed by atoms with van der Waals surface area (Å²) in [7, 11) is 0. The van der Waals surface area contributed by atoms with Gasteiger partial charge in [-0.2, -0.15) is 0 Å². The first-order chi connectivity index (χ1) is 8.00. The number of carbonyl (C=O) groups excluding carboxylic acids is 1. The summed E-state index contributed by atoms with van der Waals surface area (Å²) in [6.45, 7) is 4.54. The molecule has 0 unspecified atom stereocenters. The van der Waals surface area contributed by atoms with Gasteiger partial charge in [-0.25, -0.2) is 0 Å². The molecule has 0 radical (unpaired) electrons. The van der Waals surface area contributed by atoms with E-state index in [1.807, 2.05) is 13.8 Å². The van der Waals surface area contributed by atoms with E-state index in [1.165, 1.54) is 0 Å². The summed E-state index contributed by atoms with van der Waals surface area (Å²) in [6.07, 6.45) is 1.68. The molecular formula is C13H21N3O. The molecule has 4 heteroatoms. The monoisotopic (exact) mass is 235 g/mol. The Labute approximate surface area is 102 Å². The first-order valence-electron chi connectivity index (χ1n) is 5.93. The van der Waals surface area contributed by atoms with Crippen LogP contribution in [0.15, 0.2) is 24.3 Å². The van der Waals surface area contributed by atoms with Crippen LogP contribution in [0.2, 0.25) is 0 Å². The van der Waals surface area contributed by atoms with E-state index in [9.17, 15) is 4.79 Å². The number of anilines is 1. The maximum atomic E-state index is 11.8.